The predicted octanol–water partition coefficient (Wildman–Crippen LogP) is 1.28. The number of nitro groups is 1. The zero-order valence-electron chi connectivity index (χ0n) is 10.0. The minimum absolute atomic E-state index is 0.0367. The first-order chi connectivity index (χ1) is 8.54. The first-order valence-corrected chi connectivity index (χ1v) is 5.48. The summed E-state index contributed by atoms with van der Waals surface area (Å²) >= 11 is 0. The molecule has 0 spiro atoms. The van der Waals surface area contributed by atoms with Gasteiger partial charge >= 0.3 is 5.69 Å². The molecule has 0 bridgehead atoms. The van der Waals surface area contributed by atoms with Gasteiger partial charge in [0, 0.05) is 17.8 Å². The number of carbonyl (C=O) groups is 1. The van der Waals surface area contributed by atoms with E-state index in [0.29, 0.717) is 12.3 Å². The third-order valence-corrected chi connectivity index (χ3v) is 2.08. The minimum atomic E-state index is -0.511. The van der Waals surface area contributed by atoms with Crippen molar-refractivity contribution in [1.29, 1.82) is 0 Å². The molecule has 0 atom stereocenters. The Bertz CT molecular complexity index is 448. The lowest BCUT2D eigenvalue weighted by Crippen LogP contribution is -2.21. The van der Waals surface area contributed by atoms with Gasteiger partial charge < -0.3 is 15.8 Å². The molecule has 1 aromatic rings. The number of carbonyl (C=O) groups excluding carboxylic acids is 1. The van der Waals surface area contributed by atoms with Crippen molar-refractivity contribution in [3.8, 4) is 5.75 Å². The fourth-order valence-corrected chi connectivity index (χ4v) is 1.29. The van der Waals surface area contributed by atoms with Crippen LogP contribution in [0.2, 0.25) is 0 Å². The number of nitrogens with two attached hydrogens (primary N) is 1. The second-order valence-corrected chi connectivity index (χ2v) is 3.61. The maximum absolute atomic E-state index is 10.8. The van der Waals surface area contributed by atoms with Crippen LogP contribution in [0.3, 0.4) is 0 Å². The number of amides is 1. The van der Waals surface area contributed by atoms with Crippen molar-refractivity contribution in [1.82, 2.24) is 0 Å². The Morgan fingerprint density at radius 1 is 1.56 bits per heavy atom. The van der Waals surface area contributed by atoms with Gasteiger partial charge in [0.05, 0.1) is 18.1 Å². The van der Waals surface area contributed by atoms with Gasteiger partial charge in [0.1, 0.15) is 0 Å². The second-order valence-electron chi connectivity index (χ2n) is 3.61. The maximum atomic E-state index is 10.8. The van der Waals surface area contributed by atoms with Crippen molar-refractivity contribution in [3.05, 3.63) is 28.3 Å². The van der Waals surface area contributed by atoms with Crippen molar-refractivity contribution < 1.29 is 14.5 Å². The first-order valence-electron chi connectivity index (χ1n) is 5.48. The highest BCUT2D eigenvalue weighted by Crippen LogP contribution is 2.30. The van der Waals surface area contributed by atoms with Crippen molar-refractivity contribution in [3.63, 3.8) is 0 Å². The van der Waals surface area contributed by atoms with Crippen LogP contribution < -0.4 is 15.8 Å². The summed E-state index contributed by atoms with van der Waals surface area (Å²) in [6, 6.07) is 4.31. The van der Waals surface area contributed by atoms with E-state index in [1.54, 1.807) is 0 Å². The molecule has 1 aromatic carbocycles. The van der Waals surface area contributed by atoms with E-state index in [-0.39, 0.29) is 18.0 Å². The van der Waals surface area contributed by atoms with E-state index in [9.17, 15) is 14.9 Å². The van der Waals surface area contributed by atoms with Crippen LogP contribution in [0.25, 0.3) is 0 Å². The van der Waals surface area contributed by atoms with E-state index in [1.165, 1.54) is 18.2 Å². The molecule has 1 rings (SSSR count). The molecule has 18 heavy (non-hydrogen) atoms. The lowest BCUT2D eigenvalue weighted by Gasteiger charge is -2.08. The number of nitro benzene ring substituents is 1. The normalized spacial score (nSPS) is 9.83. The van der Waals surface area contributed by atoms with Crippen molar-refractivity contribution in [2.24, 2.45) is 5.73 Å². The number of hydrogen-bond donors (Lipinski definition) is 2. The molecule has 7 nitrogen and oxygen atoms in total. The zero-order valence-corrected chi connectivity index (χ0v) is 10.0. The molecule has 0 heterocycles. The van der Waals surface area contributed by atoms with Crippen LogP contribution in [0.1, 0.15) is 13.3 Å². The van der Waals surface area contributed by atoms with Crippen LogP contribution in [0.15, 0.2) is 18.2 Å². The molecule has 0 fully saturated rings. The highest BCUT2D eigenvalue weighted by molar-refractivity contribution is 5.79. The van der Waals surface area contributed by atoms with E-state index in [4.69, 9.17) is 10.5 Å². The van der Waals surface area contributed by atoms with Gasteiger partial charge in [-0.1, -0.05) is 6.92 Å². The molecule has 0 aliphatic rings. The quantitative estimate of drug-likeness (QED) is 0.562. The highest BCUT2D eigenvalue weighted by Gasteiger charge is 2.15. The molecular formula is C11H15N3O4. The standard InChI is InChI=1S/C11H15N3O4/c1-2-5-18-10-6-8(13-7-11(12)15)3-4-9(10)14(16)17/h3-4,6,13H,2,5,7H2,1H3,(H2,12,15). The topological polar surface area (TPSA) is 107 Å². The van der Waals surface area contributed by atoms with Crippen LogP contribution in [-0.4, -0.2) is 24.0 Å². The van der Waals surface area contributed by atoms with Gasteiger partial charge in [-0.3, -0.25) is 14.9 Å². The van der Waals surface area contributed by atoms with Crippen molar-refractivity contribution in [2.75, 3.05) is 18.5 Å². The largest absolute Gasteiger partial charge is 0.487 e. The molecule has 0 saturated carbocycles. The molecule has 7 heteroatoms. The molecular weight excluding hydrogens is 238 g/mol. The number of nitrogens with zero attached hydrogens (tertiary/aromatic N) is 1. The number of rotatable bonds is 7. The SMILES string of the molecule is CCCOc1cc(NCC(N)=O)ccc1[N+](=O)[O-]. The third kappa shape index (κ3) is 3.93. The van der Waals surface area contributed by atoms with E-state index in [1.807, 2.05) is 6.92 Å². The van der Waals surface area contributed by atoms with Gasteiger partial charge in [-0.2, -0.15) is 0 Å². The van der Waals surface area contributed by atoms with E-state index < -0.39 is 10.8 Å². The van der Waals surface area contributed by atoms with Gasteiger partial charge in [-0.25, -0.2) is 0 Å². The summed E-state index contributed by atoms with van der Waals surface area (Å²) in [4.78, 5) is 20.9. The van der Waals surface area contributed by atoms with Crippen molar-refractivity contribution >= 4 is 17.3 Å². The second kappa shape index (κ2) is 6.43. The number of ether oxygens (including phenoxy) is 1. The number of primary amides is 1. The van der Waals surface area contributed by atoms with Crippen LogP contribution in [-0.2, 0) is 4.79 Å². The molecule has 1 amide bonds. The van der Waals surface area contributed by atoms with Crippen LogP contribution in [0.4, 0.5) is 11.4 Å². The number of hydrogen-bond acceptors (Lipinski definition) is 5. The molecule has 98 valence electrons. The highest BCUT2D eigenvalue weighted by atomic mass is 16.6. The van der Waals surface area contributed by atoms with Gasteiger partial charge in [0.25, 0.3) is 0 Å². The van der Waals surface area contributed by atoms with E-state index in [2.05, 4.69) is 5.32 Å². The lowest BCUT2D eigenvalue weighted by molar-refractivity contribution is -0.385. The number of benzene rings is 1. The minimum Gasteiger partial charge on any atom is -0.487 e. The Hall–Kier alpha value is -2.31. The fraction of sp³-hybridized carbons (Fsp3) is 0.364. The number of nitrogens with one attached hydrogen (secondary N) is 1. The number of anilines is 1. The summed E-state index contributed by atoms with van der Waals surface area (Å²) in [5.74, 6) is -0.333. The Morgan fingerprint density at radius 2 is 2.28 bits per heavy atom. The Balaban J connectivity index is 2.89. The van der Waals surface area contributed by atoms with Crippen LogP contribution >= 0.6 is 0 Å². The summed E-state index contributed by atoms with van der Waals surface area (Å²) in [5, 5.41) is 13.5. The van der Waals surface area contributed by atoms with Gasteiger partial charge in [-0.05, 0) is 12.5 Å². The fourth-order valence-electron chi connectivity index (χ4n) is 1.29. The van der Waals surface area contributed by atoms with E-state index >= 15 is 0 Å². The Labute approximate surface area is 104 Å². The summed E-state index contributed by atoms with van der Waals surface area (Å²) in [6.07, 6.45) is 0.746. The summed E-state index contributed by atoms with van der Waals surface area (Å²) in [7, 11) is 0. The monoisotopic (exact) mass is 253 g/mol. The first kappa shape index (κ1) is 13.8. The van der Waals surface area contributed by atoms with Crippen molar-refractivity contribution in [2.45, 2.75) is 13.3 Å². The molecule has 0 aliphatic heterocycles. The average Bonchev–Trinajstić information content (AvgIpc) is 2.33. The molecule has 0 aliphatic carbocycles. The Morgan fingerprint density at radius 3 is 2.83 bits per heavy atom. The Kier molecular flexibility index (Phi) is 4.91. The third-order valence-electron chi connectivity index (χ3n) is 2.08. The van der Waals surface area contributed by atoms with Gasteiger partial charge in [0.2, 0.25) is 5.91 Å². The molecule has 0 aromatic heterocycles. The predicted molar refractivity (Wildman–Crippen MR) is 66.6 cm³/mol. The molecule has 0 unspecified atom stereocenters. The molecule has 0 saturated heterocycles. The van der Waals surface area contributed by atoms with E-state index in [0.717, 1.165) is 6.42 Å². The van der Waals surface area contributed by atoms with Crippen LogP contribution in [0, 0.1) is 10.1 Å². The van der Waals surface area contributed by atoms with Crippen LogP contribution in [0.5, 0.6) is 5.75 Å². The summed E-state index contributed by atoms with van der Waals surface area (Å²) in [5.41, 5.74) is 5.44. The summed E-state index contributed by atoms with van der Waals surface area (Å²) in [6.45, 7) is 2.26. The lowest BCUT2D eigenvalue weighted by atomic mass is 10.2. The zero-order chi connectivity index (χ0) is 13.5. The smallest absolute Gasteiger partial charge is 0.311 e. The summed E-state index contributed by atoms with van der Waals surface area (Å²) < 4.78 is 5.30. The van der Waals surface area contributed by atoms with Gasteiger partial charge in [0.15, 0.2) is 5.75 Å². The average molecular weight is 253 g/mol. The molecule has 3 N–H and O–H groups in total. The van der Waals surface area contributed by atoms with Gasteiger partial charge in [-0.15, -0.1) is 0 Å². The molecule has 0 radical (unpaired) electrons. The maximum Gasteiger partial charge on any atom is 0.311 e.